The van der Waals surface area contributed by atoms with Crippen molar-refractivity contribution in [1.82, 2.24) is 10.2 Å². The van der Waals surface area contributed by atoms with Crippen LogP contribution in [0.15, 0.2) is 24.3 Å². The quantitative estimate of drug-likeness (QED) is 0.772. The smallest absolute Gasteiger partial charge is 0.0453 e. The van der Waals surface area contributed by atoms with E-state index in [0.717, 1.165) is 31.0 Å². The number of hydrogen-bond acceptors (Lipinski definition) is 2. The Balaban J connectivity index is 2.69. The molecule has 0 fully saturated rings. The van der Waals surface area contributed by atoms with Crippen molar-refractivity contribution in [2.24, 2.45) is 0 Å². The Labute approximate surface area is 123 Å². The van der Waals surface area contributed by atoms with Crippen molar-refractivity contribution in [3.05, 3.63) is 34.9 Å². The topological polar surface area (TPSA) is 15.3 Å². The van der Waals surface area contributed by atoms with Crippen molar-refractivity contribution < 1.29 is 0 Å². The van der Waals surface area contributed by atoms with Crippen LogP contribution < -0.4 is 5.32 Å². The zero-order valence-electron chi connectivity index (χ0n) is 12.6. The van der Waals surface area contributed by atoms with E-state index >= 15 is 0 Å². The van der Waals surface area contributed by atoms with E-state index in [1.54, 1.807) is 0 Å². The fourth-order valence-corrected chi connectivity index (χ4v) is 2.30. The molecule has 1 aromatic carbocycles. The third kappa shape index (κ3) is 5.52. The molecule has 19 heavy (non-hydrogen) atoms. The highest BCUT2D eigenvalue weighted by Crippen LogP contribution is 2.25. The maximum Gasteiger partial charge on any atom is 0.0453 e. The molecule has 0 heterocycles. The Morgan fingerprint density at radius 3 is 2.53 bits per heavy atom. The summed E-state index contributed by atoms with van der Waals surface area (Å²) in [5, 5.41) is 4.47. The molecule has 1 atom stereocenters. The van der Waals surface area contributed by atoms with Gasteiger partial charge in [-0.3, -0.25) is 0 Å². The van der Waals surface area contributed by atoms with E-state index in [2.05, 4.69) is 50.2 Å². The van der Waals surface area contributed by atoms with Gasteiger partial charge in [-0.05, 0) is 58.5 Å². The largest absolute Gasteiger partial charge is 0.310 e. The molecule has 1 rings (SSSR count). The van der Waals surface area contributed by atoms with Crippen molar-refractivity contribution in [2.75, 3.05) is 20.1 Å². The third-order valence-electron chi connectivity index (χ3n) is 3.57. The maximum atomic E-state index is 6.32. The molecule has 0 saturated carbocycles. The van der Waals surface area contributed by atoms with Gasteiger partial charge in [0.1, 0.15) is 0 Å². The van der Waals surface area contributed by atoms with Crippen LogP contribution >= 0.6 is 11.6 Å². The molecule has 3 heteroatoms. The lowest BCUT2D eigenvalue weighted by molar-refractivity contribution is 0.256. The fourth-order valence-electron chi connectivity index (χ4n) is 2.03. The first-order valence-corrected chi connectivity index (χ1v) is 7.62. The van der Waals surface area contributed by atoms with E-state index in [0.29, 0.717) is 12.1 Å². The van der Waals surface area contributed by atoms with Gasteiger partial charge in [-0.2, -0.15) is 0 Å². The Morgan fingerprint density at radius 2 is 1.95 bits per heavy atom. The molecule has 1 N–H and O–H groups in total. The Kier molecular flexibility index (Phi) is 7.44. The lowest BCUT2D eigenvalue weighted by atomic mass is 10.0. The minimum Gasteiger partial charge on any atom is -0.310 e. The average molecular weight is 283 g/mol. The van der Waals surface area contributed by atoms with Crippen molar-refractivity contribution in [1.29, 1.82) is 0 Å². The van der Waals surface area contributed by atoms with Crippen LogP contribution in [0, 0.1) is 0 Å². The third-order valence-corrected chi connectivity index (χ3v) is 3.92. The second-order valence-electron chi connectivity index (χ2n) is 5.39. The first-order valence-electron chi connectivity index (χ1n) is 7.24. The Bertz CT molecular complexity index is 366. The van der Waals surface area contributed by atoms with Gasteiger partial charge < -0.3 is 10.2 Å². The molecule has 108 valence electrons. The maximum absolute atomic E-state index is 6.32. The standard InChI is InChI=1S/C16H27ClN2/c1-5-11-18-16(10-12-19(4)13(2)3)14-8-6-7-9-15(14)17/h6-9,13,16,18H,5,10-12H2,1-4H3. The summed E-state index contributed by atoms with van der Waals surface area (Å²) in [6.07, 6.45) is 2.22. The van der Waals surface area contributed by atoms with E-state index in [9.17, 15) is 0 Å². The second kappa shape index (κ2) is 8.57. The summed E-state index contributed by atoms with van der Waals surface area (Å²) in [6, 6.07) is 9.08. The highest BCUT2D eigenvalue weighted by Gasteiger charge is 2.15. The van der Waals surface area contributed by atoms with Crippen molar-refractivity contribution in [3.63, 3.8) is 0 Å². The van der Waals surface area contributed by atoms with Crippen LogP contribution in [0.4, 0.5) is 0 Å². The first kappa shape index (κ1) is 16.5. The van der Waals surface area contributed by atoms with Gasteiger partial charge in [-0.15, -0.1) is 0 Å². The number of hydrogen-bond donors (Lipinski definition) is 1. The summed E-state index contributed by atoms with van der Waals surface area (Å²) in [6.45, 7) is 8.75. The van der Waals surface area contributed by atoms with Gasteiger partial charge in [0.15, 0.2) is 0 Å². The zero-order chi connectivity index (χ0) is 14.3. The summed E-state index contributed by atoms with van der Waals surface area (Å²) in [5.74, 6) is 0. The fraction of sp³-hybridized carbons (Fsp3) is 0.625. The van der Waals surface area contributed by atoms with Crippen LogP contribution in [0.1, 0.15) is 45.2 Å². The molecule has 2 nitrogen and oxygen atoms in total. The highest BCUT2D eigenvalue weighted by atomic mass is 35.5. The van der Waals surface area contributed by atoms with Crippen LogP contribution in [-0.2, 0) is 0 Å². The number of nitrogens with zero attached hydrogens (tertiary/aromatic N) is 1. The SMILES string of the molecule is CCCNC(CCN(C)C(C)C)c1ccccc1Cl. The van der Waals surface area contributed by atoms with E-state index < -0.39 is 0 Å². The molecule has 0 aliphatic heterocycles. The van der Waals surface area contributed by atoms with Gasteiger partial charge in [0.2, 0.25) is 0 Å². The molecule has 1 aromatic rings. The molecule has 0 aliphatic rings. The van der Waals surface area contributed by atoms with Crippen LogP contribution in [0.2, 0.25) is 5.02 Å². The van der Waals surface area contributed by atoms with E-state index in [1.807, 2.05) is 12.1 Å². The molecule has 0 spiro atoms. The van der Waals surface area contributed by atoms with E-state index in [1.165, 1.54) is 5.56 Å². The summed E-state index contributed by atoms with van der Waals surface area (Å²) < 4.78 is 0. The summed E-state index contributed by atoms with van der Waals surface area (Å²) in [4.78, 5) is 2.37. The first-order chi connectivity index (χ1) is 9.06. The lowest BCUT2D eigenvalue weighted by Gasteiger charge is -2.26. The number of benzene rings is 1. The normalized spacial score (nSPS) is 13.2. The van der Waals surface area contributed by atoms with Crippen molar-refractivity contribution in [3.8, 4) is 0 Å². The Hall–Kier alpha value is -0.570. The second-order valence-corrected chi connectivity index (χ2v) is 5.80. The zero-order valence-corrected chi connectivity index (χ0v) is 13.4. The van der Waals surface area contributed by atoms with Gasteiger partial charge in [-0.1, -0.05) is 36.7 Å². The lowest BCUT2D eigenvalue weighted by Crippen LogP contribution is -2.31. The predicted molar refractivity (Wildman–Crippen MR) is 84.9 cm³/mol. The average Bonchev–Trinajstić information content (AvgIpc) is 2.39. The summed E-state index contributed by atoms with van der Waals surface area (Å²) in [5.41, 5.74) is 1.22. The Morgan fingerprint density at radius 1 is 1.26 bits per heavy atom. The van der Waals surface area contributed by atoms with Crippen LogP contribution in [0.3, 0.4) is 0 Å². The summed E-state index contributed by atoms with van der Waals surface area (Å²) >= 11 is 6.32. The number of rotatable bonds is 8. The van der Waals surface area contributed by atoms with Crippen molar-refractivity contribution >= 4 is 11.6 Å². The number of halogens is 1. The van der Waals surface area contributed by atoms with Crippen molar-refractivity contribution in [2.45, 2.75) is 45.7 Å². The van der Waals surface area contributed by atoms with Gasteiger partial charge in [0, 0.05) is 17.1 Å². The molecule has 1 unspecified atom stereocenters. The molecule has 0 bridgehead atoms. The van der Waals surface area contributed by atoms with E-state index in [4.69, 9.17) is 11.6 Å². The number of nitrogens with one attached hydrogen (secondary N) is 1. The minimum atomic E-state index is 0.342. The molecule has 0 aromatic heterocycles. The van der Waals surface area contributed by atoms with Gasteiger partial charge >= 0.3 is 0 Å². The highest BCUT2D eigenvalue weighted by molar-refractivity contribution is 6.31. The van der Waals surface area contributed by atoms with Crippen LogP contribution in [0.25, 0.3) is 0 Å². The van der Waals surface area contributed by atoms with Gasteiger partial charge in [-0.25, -0.2) is 0 Å². The molecule has 0 aliphatic carbocycles. The molecule has 0 amide bonds. The summed E-state index contributed by atoms with van der Waals surface area (Å²) in [7, 11) is 2.17. The van der Waals surface area contributed by atoms with Gasteiger partial charge in [0.25, 0.3) is 0 Å². The van der Waals surface area contributed by atoms with Crippen LogP contribution in [0.5, 0.6) is 0 Å². The monoisotopic (exact) mass is 282 g/mol. The minimum absolute atomic E-state index is 0.342. The molecule has 0 saturated heterocycles. The van der Waals surface area contributed by atoms with Gasteiger partial charge in [0.05, 0.1) is 0 Å². The molecular weight excluding hydrogens is 256 g/mol. The van der Waals surface area contributed by atoms with E-state index in [-0.39, 0.29) is 0 Å². The molecule has 0 radical (unpaired) electrons. The molecular formula is C16H27ClN2. The predicted octanol–water partition coefficient (Wildman–Crippen LogP) is 4.11. The van der Waals surface area contributed by atoms with Crippen LogP contribution in [-0.4, -0.2) is 31.1 Å².